The SMILES string of the molecule is COc1cnc(C(=O)Nc2cc(-n3cc(C(=O)NCCCN4CCOCC4)nn3)ccc2N2CCN(C)CC2)c(Cl)n1. The molecule has 14 nitrogen and oxygen atoms in total. The average molecular weight is 599 g/mol. The minimum Gasteiger partial charge on any atom is -0.480 e. The molecule has 2 amide bonds. The molecule has 4 heterocycles. The van der Waals surface area contributed by atoms with Gasteiger partial charge in [-0.05, 0) is 38.2 Å². The number of anilines is 2. The number of piperazine rings is 1. The van der Waals surface area contributed by atoms with Crippen LogP contribution in [-0.4, -0.2) is 126 Å². The molecule has 0 aliphatic carbocycles. The molecular formula is C27H35ClN10O4. The molecule has 5 rings (SSSR count). The first-order valence-corrected chi connectivity index (χ1v) is 14.3. The number of rotatable bonds is 10. The molecule has 0 unspecified atom stereocenters. The van der Waals surface area contributed by atoms with Crippen molar-refractivity contribution in [2.24, 2.45) is 0 Å². The van der Waals surface area contributed by atoms with Crippen LogP contribution in [0.3, 0.4) is 0 Å². The molecule has 15 heteroatoms. The number of nitrogens with one attached hydrogen (secondary N) is 2. The molecule has 2 fully saturated rings. The summed E-state index contributed by atoms with van der Waals surface area (Å²) in [6.07, 6.45) is 3.74. The van der Waals surface area contributed by atoms with E-state index < -0.39 is 5.91 Å². The second-order valence-electron chi connectivity index (χ2n) is 10.1. The molecule has 3 aromatic rings. The Kier molecular flexibility index (Phi) is 9.79. The minimum atomic E-state index is -0.515. The monoisotopic (exact) mass is 598 g/mol. The fraction of sp³-hybridized carbons (Fsp3) is 0.481. The van der Waals surface area contributed by atoms with E-state index in [1.165, 1.54) is 18.0 Å². The van der Waals surface area contributed by atoms with Crippen LogP contribution in [0, 0.1) is 0 Å². The maximum atomic E-state index is 13.2. The zero-order valence-corrected chi connectivity index (χ0v) is 24.5. The van der Waals surface area contributed by atoms with Crippen LogP contribution in [-0.2, 0) is 4.74 Å². The number of ether oxygens (including phenoxy) is 2. The van der Waals surface area contributed by atoms with Crippen molar-refractivity contribution in [3.05, 3.63) is 47.1 Å². The molecular weight excluding hydrogens is 564 g/mol. The molecule has 1 aromatic carbocycles. The number of benzene rings is 1. The second-order valence-corrected chi connectivity index (χ2v) is 10.5. The van der Waals surface area contributed by atoms with Gasteiger partial charge in [-0.3, -0.25) is 14.5 Å². The van der Waals surface area contributed by atoms with Crippen molar-refractivity contribution in [1.82, 2.24) is 40.1 Å². The summed E-state index contributed by atoms with van der Waals surface area (Å²) in [7, 11) is 3.52. The molecule has 0 spiro atoms. The van der Waals surface area contributed by atoms with E-state index in [1.807, 2.05) is 12.1 Å². The summed E-state index contributed by atoms with van der Waals surface area (Å²) >= 11 is 6.22. The molecule has 0 radical (unpaired) electrons. The third-order valence-corrected chi connectivity index (χ3v) is 7.50. The quantitative estimate of drug-likeness (QED) is 0.325. The first kappa shape index (κ1) is 29.6. The largest absolute Gasteiger partial charge is 0.480 e. The van der Waals surface area contributed by atoms with Crippen molar-refractivity contribution in [3.63, 3.8) is 0 Å². The lowest BCUT2D eigenvalue weighted by Gasteiger charge is -2.35. The summed E-state index contributed by atoms with van der Waals surface area (Å²) in [6, 6.07) is 5.59. The van der Waals surface area contributed by atoms with Gasteiger partial charge in [-0.2, -0.15) is 4.98 Å². The Balaban J connectivity index is 1.30. The van der Waals surface area contributed by atoms with Gasteiger partial charge in [0.2, 0.25) is 5.88 Å². The van der Waals surface area contributed by atoms with Gasteiger partial charge < -0.3 is 29.9 Å². The van der Waals surface area contributed by atoms with Crippen LogP contribution in [0.4, 0.5) is 11.4 Å². The summed E-state index contributed by atoms with van der Waals surface area (Å²) < 4.78 is 11.9. The van der Waals surface area contributed by atoms with E-state index in [-0.39, 0.29) is 28.3 Å². The molecule has 2 aliphatic heterocycles. The molecule has 0 bridgehead atoms. The molecule has 2 N–H and O–H groups in total. The van der Waals surface area contributed by atoms with Gasteiger partial charge in [-0.1, -0.05) is 16.8 Å². The number of amides is 2. The van der Waals surface area contributed by atoms with Crippen LogP contribution in [0.1, 0.15) is 27.4 Å². The zero-order valence-electron chi connectivity index (χ0n) is 23.8. The Bertz CT molecular complexity index is 1390. The number of halogens is 1. The van der Waals surface area contributed by atoms with Crippen molar-refractivity contribution in [3.8, 4) is 11.6 Å². The number of methoxy groups -OCH3 is 1. The summed E-state index contributed by atoms with van der Waals surface area (Å²) in [5, 5.41) is 14.0. The van der Waals surface area contributed by atoms with Crippen LogP contribution in [0.2, 0.25) is 5.15 Å². The van der Waals surface area contributed by atoms with E-state index in [9.17, 15) is 9.59 Å². The lowest BCUT2D eigenvalue weighted by Crippen LogP contribution is -2.44. The van der Waals surface area contributed by atoms with Gasteiger partial charge >= 0.3 is 0 Å². The van der Waals surface area contributed by atoms with Gasteiger partial charge in [0.1, 0.15) is 0 Å². The third kappa shape index (κ3) is 7.31. The van der Waals surface area contributed by atoms with Crippen molar-refractivity contribution in [1.29, 1.82) is 0 Å². The topological polar surface area (TPSA) is 143 Å². The van der Waals surface area contributed by atoms with Crippen molar-refractivity contribution in [2.75, 3.05) is 89.9 Å². The van der Waals surface area contributed by atoms with Crippen LogP contribution >= 0.6 is 11.6 Å². The number of hydrogen-bond acceptors (Lipinski definition) is 11. The normalized spacial score (nSPS) is 16.3. The predicted molar refractivity (Wildman–Crippen MR) is 157 cm³/mol. The Labute approximate surface area is 248 Å². The van der Waals surface area contributed by atoms with Gasteiger partial charge in [-0.15, -0.1) is 5.10 Å². The molecule has 2 saturated heterocycles. The van der Waals surface area contributed by atoms with Gasteiger partial charge in [0.15, 0.2) is 16.5 Å². The number of likely N-dealkylation sites (N-methyl/N-ethyl adjacent to an activating group) is 1. The Morgan fingerprint density at radius 2 is 1.88 bits per heavy atom. The second kappa shape index (κ2) is 13.9. The standard InChI is InChI=1S/C27H35ClN10O4/c1-35-8-10-37(11-9-35)22-5-4-19(16-20(22)31-27(40)24-25(28)32-23(41-2)17-30-24)38-18-21(33-34-38)26(39)29-6-3-7-36-12-14-42-15-13-36/h4-5,16-18H,3,6-15H2,1-2H3,(H,29,39)(H,31,40). The molecule has 2 aromatic heterocycles. The smallest absolute Gasteiger partial charge is 0.277 e. The zero-order chi connectivity index (χ0) is 29.5. The van der Waals surface area contributed by atoms with Crippen LogP contribution < -0.4 is 20.3 Å². The van der Waals surface area contributed by atoms with E-state index in [0.29, 0.717) is 17.9 Å². The first-order chi connectivity index (χ1) is 20.4. The lowest BCUT2D eigenvalue weighted by atomic mass is 10.2. The lowest BCUT2D eigenvalue weighted by molar-refractivity contribution is 0.0374. The highest BCUT2D eigenvalue weighted by Gasteiger charge is 2.22. The predicted octanol–water partition coefficient (Wildman–Crippen LogP) is 1.18. The van der Waals surface area contributed by atoms with E-state index >= 15 is 0 Å². The van der Waals surface area contributed by atoms with Gasteiger partial charge in [0.25, 0.3) is 11.8 Å². The number of hydrogen-bond donors (Lipinski definition) is 2. The van der Waals surface area contributed by atoms with Crippen LogP contribution in [0.25, 0.3) is 5.69 Å². The Morgan fingerprint density at radius 1 is 1.10 bits per heavy atom. The molecule has 42 heavy (non-hydrogen) atoms. The van der Waals surface area contributed by atoms with Crippen molar-refractivity contribution < 1.29 is 19.1 Å². The van der Waals surface area contributed by atoms with Crippen LogP contribution in [0.15, 0.2) is 30.6 Å². The Morgan fingerprint density at radius 3 is 2.62 bits per heavy atom. The highest BCUT2D eigenvalue weighted by atomic mass is 35.5. The highest BCUT2D eigenvalue weighted by Crippen LogP contribution is 2.30. The van der Waals surface area contributed by atoms with E-state index in [1.54, 1.807) is 12.3 Å². The van der Waals surface area contributed by atoms with Gasteiger partial charge in [-0.25, -0.2) is 9.67 Å². The average Bonchev–Trinajstić information content (AvgIpc) is 3.51. The van der Waals surface area contributed by atoms with Gasteiger partial charge in [0, 0.05) is 45.8 Å². The number of carbonyl (C=O) groups excluding carboxylic acids is 2. The summed E-state index contributed by atoms with van der Waals surface area (Å²) in [6.45, 7) is 8.13. The van der Waals surface area contributed by atoms with Crippen molar-refractivity contribution in [2.45, 2.75) is 6.42 Å². The fourth-order valence-corrected chi connectivity index (χ4v) is 5.01. The fourth-order valence-electron chi connectivity index (χ4n) is 4.79. The molecule has 0 atom stereocenters. The van der Waals surface area contributed by atoms with Crippen LogP contribution in [0.5, 0.6) is 5.88 Å². The molecule has 0 saturated carbocycles. The third-order valence-electron chi connectivity index (χ3n) is 7.24. The summed E-state index contributed by atoms with van der Waals surface area (Å²) in [5.74, 6) is -0.600. The minimum absolute atomic E-state index is 0.0273. The maximum Gasteiger partial charge on any atom is 0.277 e. The van der Waals surface area contributed by atoms with E-state index in [2.05, 4.69) is 52.7 Å². The summed E-state index contributed by atoms with van der Waals surface area (Å²) in [5.41, 5.74) is 2.18. The van der Waals surface area contributed by atoms with Gasteiger partial charge in [0.05, 0.1) is 49.8 Å². The summed E-state index contributed by atoms with van der Waals surface area (Å²) in [4.78, 5) is 40.9. The number of carbonyl (C=O) groups is 2. The number of morpholine rings is 1. The molecule has 224 valence electrons. The number of aromatic nitrogens is 5. The van der Waals surface area contributed by atoms with Crippen molar-refractivity contribution >= 4 is 34.8 Å². The van der Waals surface area contributed by atoms with E-state index in [0.717, 1.165) is 71.1 Å². The first-order valence-electron chi connectivity index (χ1n) is 13.9. The Hall–Kier alpha value is -3.85. The number of nitrogens with zero attached hydrogens (tertiary/aromatic N) is 8. The molecule has 2 aliphatic rings. The van der Waals surface area contributed by atoms with E-state index in [4.69, 9.17) is 21.1 Å². The maximum absolute atomic E-state index is 13.2. The highest BCUT2D eigenvalue weighted by molar-refractivity contribution is 6.33.